The number of aliphatic hydroxyl groups excluding tert-OH is 1. The Bertz CT molecular complexity index is 977. The molecule has 1 saturated heterocycles. The van der Waals surface area contributed by atoms with Crippen LogP contribution < -0.4 is 15.5 Å². The maximum atomic E-state index is 12.8. The van der Waals surface area contributed by atoms with Crippen molar-refractivity contribution in [3.8, 4) is 0 Å². The molecular formula is C22H24ClN3O4S. The molecule has 2 aliphatic rings. The highest BCUT2D eigenvalue weighted by Crippen LogP contribution is 2.28. The average Bonchev–Trinajstić information content (AvgIpc) is 3.48. The minimum absolute atomic E-state index is 0.00211. The Hall–Kier alpha value is -2.42. The van der Waals surface area contributed by atoms with Crippen molar-refractivity contribution < 1.29 is 19.5 Å². The molecule has 1 aliphatic carbocycles. The number of nitrogens with one attached hydrogen (secondary N) is 2. The fourth-order valence-corrected chi connectivity index (χ4v) is 5.20. The lowest BCUT2D eigenvalue weighted by atomic mass is 10.1. The molecule has 3 N–H and O–H groups in total. The number of halogens is 1. The minimum Gasteiger partial charge on any atom is -0.396 e. The summed E-state index contributed by atoms with van der Waals surface area (Å²) >= 11 is 7.12. The molecule has 1 aromatic heterocycles. The van der Waals surface area contributed by atoms with Crippen molar-refractivity contribution in [2.45, 2.75) is 37.8 Å². The molecule has 0 bridgehead atoms. The summed E-state index contributed by atoms with van der Waals surface area (Å²) in [7, 11) is 0. The molecule has 3 atom stereocenters. The third kappa shape index (κ3) is 4.92. The first-order chi connectivity index (χ1) is 14.9. The molecule has 0 spiro atoms. The van der Waals surface area contributed by atoms with Crippen LogP contribution in [0.15, 0.2) is 36.4 Å². The van der Waals surface area contributed by atoms with Crippen molar-refractivity contribution in [1.82, 2.24) is 10.6 Å². The summed E-state index contributed by atoms with van der Waals surface area (Å²) < 4.78 is 0.536. The molecule has 1 aliphatic heterocycles. The molecule has 2 aromatic rings. The maximum Gasteiger partial charge on any atom is 0.261 e. The number of hydrogen-bond acceptors (Lipinski definition) is 5. The maximum absolute atomic E-state index is 12.8. The van der Waals surface area contributed by atoms with Crippen LogP contribution >= 0.6 is 22.9 Å². The third-order valence-corrected chi connectivity index (χ3v) is 7.09. The van der Waals surface area contributed by atoms with E-state index in [-0.39, 0.29) is 42.3 Å². The number of aliphatic hydroxyl groups is 1. The molecule has 3 amide bonds. The van der Waals surface area contributed by atoms with Crippen LogP contribution in [-0.4, -0.2) is 48.1 Å². The zero-order valence-corrected chi connectivity index (χ0v) is 18.4. The van der Waals surface area contributed by atoms with Crippen molar-refractivity contribution >= 4 is 46.3 Å². The monoisotopic (exact) mass is 461 g/mol. The molecule has 2 fully saturated rings. The number of amides is 3. The predicted molar refractivity (Wildman–Crippen MR) is 120 cm³/mol. The molecule has 9 heteroatoms. The summed E-state index contributed by atoms with van der Waals surface area (Å²) in [5.41, 5.74) is 1.28. The minimum atomic E-state index is -0.288. The predicted octanol–water partition coefficient (Wildman–Crippen LogP) is 2.83. The smallest absolute Gasteiger partial charge is 0.261 e. The SMILES string of the molecule is O=C(NC1CC(CO)CC1NC(=O)c1ccc(Cl)s1)c1ccc(N2CCCC2=O)cc1. The summed E-state index contributed by atoms with van der Waals surface area (Å²) in [5.74, 6) is -0.379. The van der Waals surface area contributed by atoms with Gasteiger partial charge in [-0.25, -0.2) is 0 Å². The number of benzene rings is 1. The second-order valence-electron chi connectivity index (χ2n) is 7.98. The number of anilines is 1. The van der Waals surface area contributed by atoms with E-state index in [1.807, 2.05) is 0 Å². The Kier molecular flexibility index (Phi) is 6.60. The van der Waals surface area contributed by atoms with Crippen LogP contribution in [0.4, 0.5) is 5.69 Å². The van der Waals surface area contributed by atoms with Crippen LogP contribution in [0.2, 0.25) is 4.34 Å². The van der Waals surface area contributed by atoms with E-state index in [1.54, 1.807) is 41.3 Å². The standard InChI is InChI=1S/C22H24ClN3O4S/c23-19-8-7-18(31-19)22(30)25-17-11-13(12-27)10-16(17)24-21(29)14-3-5-15(6-4-14)26-9-1-2-20(26)28/h3-8,13,16-17,27H,1-2,9-12H2,(H,24,29)(H,25,30). The molecule has 4 rings (SSSR count). The normalized spacial score (nSPS) is 23.2. The Morgan fingerprint density at radius 2 is 1.74 bits per heavy atom. The highest BCUT2D eigenvalue weighted by atomic mass is 35.5. The molecule has 0 radical (unpaired) electrons. The van der Waals surface area contributed by atoms with E-state index in [0.717, 1.165) is 12.1 Å². The summed E-state index contributed by atoms with van der Waals surface area (Å²) in [5, 5.41) is 15.6. The van der Waals surface area contributed by atoms with Gasteiger partial charge in [0.25, 0.3) is 11.8 Å². The van der Waals surface area contributed by atoms with Gasteiger partial charge in [0, 0.05) is 42.9 Å². The Morgan fingerprint density at radius 1 is 1.06 bits per heavy atom. The Labute approximate surface area is 189 Å². The van der Waals surface area contributed by atoms with Gasteiger partial charge in [0.1, 0.15) is 0 Å². The fourth-order valence-electron chi connectivity index (χ4n) is 4.25. The van der Waals surface area contributed by atoms with E-state index in [1.165, 1.54) is 11.3 Å². The van der Waals surface area contributed by atoms with E-state index >= 15 is 0 Å². The zero-order chi connectivity index (χ0) is 22.0. The van der Waals surface area contributed by atoms with Gasteiger partial charge in [0.15, 0.2) is 0 Å². The van der Waals surface area contributed by atoms with Crippen LogP contribution in [0.5, 0.6) is 0 Å². The molecule has 2 heterocycles. The quantitative estimate of drug-likeness (QED) is 0.616. The molecule has 164 valence electrons. The highest BCUT2D eigenvalue weighted by Gasteiger charge is 2.36. The van der Waals surface area contributed by atoms with Crippen LogP contribution in [0.3, 0.4) is 0 Å². The number of carbonyl (C=O) groups excluding carboxylic acids is 3. The van der Waals surface area contributed by atoms with E-state index in [2.05, 4.69) is 10.6 Å². The number of nitrogens with zero attached hydrogens (tertiary/aromatic N) is 1. The van der Waals surface area contributed by atoms with Gasteiger partial charge in [-0.1, -0.05) is 11.6 Å². The topological polar surface area (TPSA) is 98.7 Å². The lowest BCUT2D eigenvalue weighted by Gasteiger charge is -2.22. The summed E-state index contributed by atoms with van der Waals surface area (Å²) in [6.07, 6.45) is 2.57. The second-order valence-corrected chi connectivity index (χ2v) is 9.69. The zero-order valence-electron chi connectivity index (χ0n) is 16.8. The Morgan fingerprint density at radius 3 is 2.29 bits per heavy atom. The van der Waals surface area contributed by atoms with Gasteiger partial charge in [0.05, 0.1) is 9.21 Å². The average molecular weight is 462 g/mol. The van der Waals surface area contributed by atoms with Crippen molar-refractivity contribution in [2.24, 2.45) is 5.92 Å². The van der Waals surface area contributed by atoms with Gasteiger partial charge in [-0.2, -0.15) is 0 Å². The van der Waals surface area contributed by atoms with E-state index in [9.17, 15) is 19.5 Å². The van der Waals surface area contributed by atoms with E-state index in [4.69, 9.17) is 11.6 Å². The lowest BCUT2D eigenvalue weighted by molar-refractivity contribution is -0.117. The highest BCUT2D eigenvalue weighted by molar-refractivity contribution is 7.18. The molecule has 3 unspecified atom stereocenters. The van der Waals surface area contributed by atoms with Crippen LogP contribution in [0.1, 0.15) is 45.7 Å². The van der Waals surface area contributed by atoms with Crippen molar-refractivity contribution in [1.29, 1.82) is 0 Å². The van der Waals surface area contributed by atoms with Gasteiger partial charge >= 0.3 is 0 Å². The van der Waals surface area contributed by atoms with E-state index in [0.29, 0.717) is 40.6 Å². The first kappa shape index (κ1) is 21.8. The van der Waals surface area contributed by atoms with Gasteiger partial charge in [-0.3, -0.25) is 14.4 Å². The summed E-state index contributed by atoms with van der Waals surface area (Å²) in [6.45, 7) is 0.702. The Balaban J connectivity index is 1.41. The number of thiophene rings is 1. The molecule has 31 heavy (non-hydrogen) atoms. The van der Waals surface area contributed by atoms with E-state index < -0.39 is 0 Å². The summed E-state index contributed by atoms with van der Waals surface area (Å²) in [6, 6.07) is 9.74. The molecular weight excluding hydrogens is 438 g/mol. The third-order valence-electron chi connectivity index (χ3n) is 5.86. The first-order valence-electron chi connectivity index (χ1n) is 10.3. The number of hydrogen-bond donors (Lipinski definition) is 3. The molecule has 7 nitrogen and oxygen atoms in total. The van der Waals surface area contributed by atoms with Crippen molar-refractivity contribution in [2.75, 3.05) is 18.1 Å². The van der Waals surface area contributed by atoms with Gasteiger partial charge in [-0.05, 0) is 61.6 Å². The number of rotatable bonds is 6. The van der Waals surface area contributed by atoms with Gasteiger partial charge in [0.2, 0.25) is 5.91 Å². The van der Waals surface area contributed by atoms with Gasteiger partial charge in [-0.15, -0.1) is 11.3 Å². The van der Waals surface area contributed by atoms with Crippen LogP contribution in [-0.2, 0) is 4.79 Å². The van der Waals surface area contributed by atoms with Crippen molar-refractivity contribution in [3.63, 3.8) is 0 Å². The molecule has 1 saturated carbocycles. The summed E-state index contributed by atoms with van der Waals surface area (Å²) in [4.78, 5) is 39.5. The van der Waals surface area contributed by atoms with Crippen molar-refractivity contribution in [3.05, 3.63) is 51.2 Å². The second kappa shape index (κ2) is 9.38. The fraction of sp³-hybridized carbons (Fsp3) is 0.409. The molecule has 1 aromatic carbocycles. The first-order valence-corrected chi connectivity index (χ1v) is 11.5. The lowest BCUT2D eigenvalue weighted by Crippen LogP contribution is -2.48. The van der Waals surface area contributed by atoms with Crippen LogP contribution in [0.25, 0.3) is 0 Å². The largest absolute Gasteiger partial charge is 0.396 e. The van der Waals surface area contributed by atoms with Gasteiger partial charge < -0.3 is 20.6 Å². The number of carbonyl (C=O) groups is 3. The van der Waals surface area contributed by atoms with Crippen LogP contribution in [0, 0.1) is 5.92 Å².